The summed E-state index contributed by atoms with van der Waals surface area (Å²) in [4.78, 5) is 27.3. The van der Waals surface area contributed by atoms with Crippen molar-refractivity contribution >= 4 is 24.0 Å². The van der Waals surface area contributed by atoms with Crippen molar-refractivity contribution in [1.29, 1.82) is 0 Å². The van der Waals surface area contributed by atoms with Gasteiger partial charge in [0.25, 0.3) is 11.6 Å². The first-order chi connectivity index (χ1) is 11.1. The molecule has 0 saturated carbocycles. The summed E-state index contributed by atoms with van der Waals surface area (Å²) >= 11 is 0. The van der Waals surface area contributed by atoms with E-state index in [4.69, 9.17) is 0 Å². The fourth-order valence-electron chi connectivity index (χ4n) is 3.42. The molecule has 1 unspecified atom stereocenters. The summed E-state index contributed by atoms with van der Waals surface area (Å²) in [5.74, 6) is -0.0350. The molecule has 1 N–H and O–H groups in total. The number of rotatable bonds is 3. The predicted octanol–water partition coefficient (Wildman–Crippen LogP) is 1.44. The number of nitro groups is 1. The first-order valence-corrected chi connectivity index (χ1v) is 8.05. The maximum absolute atomic E-state index is 12.6. The van der Waals surface area contributed by atoms with Crippen LogP contribution >= 0.6 is 12.4 Å². The molecule has 1 atom stereocenters. The summed E-state index contributed by atoms with van der Waals surface area (Å²) in [6, 6.07) is 5.19. The van der Waals surface area contributed by atoms with Crippen molar-refractivity contribution in [1.82, 2.24) is 15.1 Å². The highest BCUT2D eigenvalue weighted by atomic mass is 35.5. The monoisotopic (exact) mass is 354 g/mol. The van der Waals surface area contributed by atoms with Crippen LogP contribution in [0.1, 0.15) is 22.3 Å². The van der Waals surface area contributed by atoms with Crippen LogP contribution in [0.2, 0.25) is 0 Å². The van der Waals surface area contributed by atoms with Crippen molar-refractivity contribution in [2.45, 2.75) is 19.4 Å². The Morgan fingerprint density at radius 2 is 2.00 bits per heavy atom. The van der Waals surface area contributed by atoms with Crippen LogP contribution in [-0.2, 0) is 0 Å². The van der Waals surface area contributed by atoms with Crippen molar-refractivity contribution < 1.29 is 9.72 Å². The first kappa shape index (κ1) is 18.6. The molecule has 2 heterocycles. The molecule has 1 aromatic rings. The summed E-state index contributed by atoms with van der Waals surface area (Å²) in [7, 11) is 0. The number of nitro benzene ring substituents is 1. The van der Waals surface area contributed by atoms with Crippen molar-refractivity contribution in [3.05, 3.63) is 39.4 Å². The maximum atomic E-state index is 12.6. The molecule has 2 aliphatic rings. The number of halogens is 1. The van der Waals surface area contributed by atoms with Gasteiger partial charge in [0.05, 0.1) is 4.92 Å². The van der Waals surface area contributed by atoms with E-state index in [1.165, 1.54) is 12.5 Å². The van der Waals surface area contributed by atoms with Gasteiger partial charge in [0.15, 0.2) is 0 Å². The van der Waals surface area contributed by atoms with Gasteiger partial charge in [-0.3, -0.25) is 19.8 Å². The highest BCUT2D eigenvalue weighted by molar-refractivity contribution is 5.94. The lowest BCUT2D eigenvalue weighted by Gasteiger charge is -2.37. The van der Waals surface area contributed by atoms with Crippen LogP contribution in [0.5, 0.6) is 0 Å². The van der Waals surface area contributed by atoms with E-state index in [1.807, 2.05) is 4.90 Å². The van der Waals surface area contributed by atoms with Crippen LogP contribution in [0.15, 0.2) is 18.2 Å². The van der Waals surface area contributed by atoms with Gasteiger partial charge in [0.2, 0.25) is 0 Å². The van der Waals surface area contributed by atoms with E-state index in [1.54, 1.807) is 19.1 Å². The third-order valence-corrected chi connectivity index (χ3v) is 4.79. The minimum absolute atomic E-state index is 0. The van der Waals surface area contributed by atoms with E-state index in [0.29, 0.717) is 30.3 Å². The van der Waals surface area contributed by atoms with Crippen LogP contribution in [0.25, 0.3) is 0 Å². The predicted molar refractivity (Wildman–Crippen MR) is 93.8 cm³/mol. The minimum Gasteiger partial charge on any atom is -0.336 e. The largest absolute Gasteiger partial charge is 0.336 e. The second-order valence-corrected chi connectivity index (χ2v) is 6.23. The van der Waals surface area contributed by atoms with Crippen molar-refractivity contribution in [2.24, 2.45) is 0 Å². The lowest BCUT2D eigenvalue weighted by Crippen LogP contribution is -2.52. The van der Waals surface area contributed by atoms with Gasteiger partial charge in [-0.2, -0.15) is 0 Å². The molecule has 0 spiro atoms. The molecule has 0 aromatic heterocycles. The zero-order valence-corrected chi connectivity index (χ0v) is 14.6. The molecule has 1 amide bonds. The molecule has 2 aliphatic heterocycles. The molecule has 0 radical (unpaired) electrons. The highest BCUT2D eigenvalue weighted by Crippen LogP contribution is 2.20. The van der Waals surface area contributed by atoms with E-state index < -0.39 is 4.92 Å². The smallest absolute Gasteiger partial charge is 0.272 e. The van der Waals surface area contributed by atoms with E-state index in [9.17, 15) is 14.9 Å². The number of carbonyl (C=O) groups excluding carboxylic acids is 1. The number of aryl methyl sites for hydroxylation is 1. The Labute approximate surface area is 147 Å². The summed E-state index contributed by atoms with van der Waals surface area (Å²) in [5, 5.41) is 14.2. The Bertz CT molecular complexity index is 611. The molecule has 1 aromatic carbocycles. The van der Waals surface area contributed by atoms with Crippen LogP contribution in [0.3, 0.4) is 0 Å². The van der Waals surface area contributed by atoms with Crippen LogP contribution in [-0.4, -0.2) is 65.9 Å². The van der Waals surface area contributed by atoms with Gasteiger partial charge in [-0.1, -0.05) is 0 Å². The average Bonchev–Trinajstić information content (AvgIpc) is 3.08. The maximum Gasteiger partial charge on any atom is 0.272 e. The standard InChI is InChI=1S/C16H22N4O3.ClH/c1-12-10-13(2-3-15(12)20(22)23)16(21)19-8-6-18(7-9-19)14-4-5-17-11-14;/h2-3,10,14,17H,4-9,11H2,1H3;1H. The SMILES string of the molecule is Cc1cc(C(=O)N2CCN(C3CCNC3)CC2)ccc1[N+](=O)[O-].Cl. The third-order valence-electron chi connectivity index (χ3n) is 4.79. The number of carbonyl (C=O) groups is 1. The van der Waals surface area contributed by atoms with Crippen molar-refractivity contribution in [3.63, 3.8) is 0 Å². The molecule has 2 fully saturated rings. The Kier molecular flexibility index (Phi) is 6.15. The van der Waals surface area contributed by atoms with E-state index >= 15 is 0 Å². The van der Waals surface area contributed by atoms with Gasteiger partial charge in [-0.15, -0.1) is 12.4 Å². The van der Waals surface area contributed by atoms with Gasteiger partial charge in [0, 0.05) is 56.0 Å². The third kappa shape index (κ3) is 3.85. The van der Waals surface area contributed by atoms with Crippen LogP contribution in [0, 0.1) is 17.0 Å². The average molecular weight is 355 g/mol. The number of nitrogens with zero attached hydrogens (tertiary/aromatic N) is 3. The fourth-order valence-corrected chi connectivity index (χ4v) is 3.42. The summed E-state index contributed by atoms with van der Waals surface area (Å²) in [6.07, 6.45) is 1.18. The number of benzene rings is 1. The van der Waals surface area contributed by atoms with Gasteiger partial charge in [-0.25, -0.2) is 0 Å². The van der Waals surface area contributed by atoms with Gasteiger partial charge in [-0.05, 0) is 32.0 Å². The number of hydrogen-bond donors (Lipinski definition) is 1. The van der Waals surface area contributed by atoms with E-state index in [-0.39, 0.29) is 24.0 Å². The summed E-state index contributed by atoms with van der Waals surface area (Å²) in [5.41, 5.74) is 1.11. The van der Waals surface area contributed by atoms with Crippen LogP contribution < -0.4 is 5.32 Å². The fraction of sp³-hybridized carbons (Fsp3) is 0.562. The quantitative estimate of drug-likeness (QED) is 0.656. The molecule has 0 bridgehead atoms. The Balaban J connectivity index is 0.00000208. The molecular formula is C16H23ClN4O3. The highest BCUT2D eigenvalue weighted by Gasteiger charge is 2.28. The van der Waals surface area contributed by atoms with Gasteiger partial charge >= 0.3 is 0 Å². The van der Waals surface area contributed by atoms with Crippen LogP contribution in [0.4, 0.5) is 5.69 Å². The number of hydrogen-bond acceptors (Lipinski definition) is 5. The van der Waals surface area contributed by atoms with E-state index in [2.05, 4.69) is 10.2 Å². The Hall–Kier alpha value is -1.70. The van der Waals surface area contributed by atoms with Crippen molar-refractivity contribution in [2.75, 3.05) is 39.3 Å². The number of amides is 1. The first-order valence-electron chi connectivity index (χ1n) is 8.05. The molecule has 3 rings (SSSR count). The molecule has 24 heavy (non-hydrogen) atoms. The summed E-state index contributed by atoms with van der Waals surface area (Å²) < 4.78 is 0. The molecule has 8 heteroatoms. The number of nitrogens with one attached hydrogen (secondary N) is 1. The summed E-state index contributed by atoms with van der Waals surface area (Å²) in [6.45, 7) is 6.99. The molecule has 0 aliphatic carbocycles. The van der Waals surface area contributed by atoms with Crippen molar-refractivity contribution in [3.8, 4) is 0 Å². The zero-order chi connectivity index (χ0) is 16.4. The minimum atomic E-state index is -0.419. The molecule has 132 valence electrons. The van der Waals surface area contributed by atoms with Gasteiger partial charge in [0.1, 0.15) is 0 Å². The lowest BCUT2D eigenvalue weighted by molar-refractivity contribution is -0.385. The van der Waals surface area contributed by atoms with Gasteiger partial charge < -0.3 is 10.2 Å². The lowest BCUT2D eigenvalue weighted by atomic mass is 10.1. The van der Waals surface area contributed by atoms with E-state index in [0.717, 1.165) is 26.2 Å². The second kappa shape index (κ2) is 7.92. The Morgan fingerprint density at radius 3 is 2.54 bits per heavy atom. The molecule has 7 nitrogen and oxygen atoms in total. The second-order valence-electron chi connectivity index (χ2n) is 6.23. The zero-order valence-electron chi connectivity index (χ0n) is 13.7. The topological polar surface area (TPSA) is 78.7 Å². The normalized spacial score (nSPS) is 21.4. The molecule has 2 saturated heterocycles. The molecular weight excluding hydrogens is 332 g/mol. The number of piperazine rings is 1. The Morgan fingerprint density at radius 1 is 1.29 bits per heavy atom.